The van der Waals surface area contributed by atoms with E-state index in [0.717, 1.165) is 18.2 Å². The molecule has 21 heavy (non-hydrogen) atoms. The summed E-state index contributed by atoms with van der Waals surface area (Å²) in [6.07, 6.45) is 0. The minimum Gasteiger partial charge on any atom is -0.320 e. The minimum atomic E-state index is -1.76. The number of anilines is 1. The Morgan fingerprint density at radius 2 is 1.76 bits per heavy atom. The molecule has 0 unspecified atom stereocenters. The fourth-order valence-electron chi connectivity index (χ4n) is 1.54. The third-order valence-electron chi connectivity index (χ3n) is 2.53. The van der Waals surface area contributed by atoms with Gasteiger partial charge in [-0.1, -0.05) is 11.6 Å². The number of carbonyl (C=O) groups is 1. The van der Waals surface area contributed by atoms with Gasteiger partial charge in [0.15, 0.2) is 17.5 Å². The molecule has 0 atom stereocenters. The summed E-state index contributed by atoms with van der Waals surface area (Å²) in [4.78, 5) is 11.9. The van der Waals surface area contributed by atoms with E-state index >= 15 is 0 Å². The van der Waals surface area contributed by atoms with E-state index in [2.05, 4.69) is 21.2 Å². The summed E-state index contributed by atoms with van der Waals surface area (Å²) >= 11 is 8.73. The number of amides is 1. The fraction of sp³-hybridized carbons (Fsp3) is 0. The lowest BCUT2D eigenvalue weighted by molar-refractivity contribution is 0.102. The van der Waals surface area contributed by atoms with Gasteiger partial charge in [-0.3, -0.25) is 4.79 Å². The maximum atomic E-state index is 13.5. The first kappa shape index (κ1) is 15.8. The van der Waals surface area contributed by atoms with Crippen LogP contribution >= 0.6 is 27.5 Å². The fourth-order valence-corrected chi connectivity index (χ4v) is 2.44. The number of nitrogens with one attached hydrogen (secondary N) is 1. The van der Waals surface area contributed by atoms with Crippen molar-refractivity contribution in [1.82, 2.24) is 0 Å². The summed E-state index contributed by atoms with van der Waals surface area (Å²) in [6, 6.07) is 3.37. The van der Waals surface area contributed by atoms with Crippen LogP contribution in [0.15, 0.2) is 28.7 Å². The lowest BCUT2D eigenvalue weighted by Crippen LogP contribution is -2.16. The van der Waals surface area contributed by atoms with Gasteiger partial charge in [-0.25, -0.2) is 17.6 Å². The highest BCUT2D eigenvalue weighted by atomic mass is 79.9. The zero-order valence-corrected chi connectivity index (χ0v) is 12.3. The van der Waals surface area contributed by atoms with Crippen LogP contribution in [0.4, 0.5) is 23.2 Å². The summed E-state index contributed by atoms with van der Waals surface area (Å²) in [5, 5.41) is 2.06. The molecule has 0 aromatic heterocycles. The van der Waals surface area contributed by atoms with Gasteiger partial charge in [-0.2, -0.15) is 0 Å². The van der Waals surface area contributed by atoms with Gasteiger partial charge in [0, 0.05) is 4.47 Å². The monoisotopic (exact) mass is 381 g/mol. The van der Waals surface area contributed by atoms with E-state index in [1.165, 1.54) is 0 Å². The standard InChI is InChI=1S/C13H5BrClF4NO/c14-7-3-5(16)4-8(15)12(7)20-13(21)6-1-2-9(17)11(19)10(6)18/h1-4H,(H,20,21). The molecule has 0 fully saturated rings. The van der Waals surface area contributed by atoms with Gasteiger partial charge in [0.2, 0.25) is 0 Å². The molecule has 0 saturated heterocycles. The van der Waals surface area contributed by atoms with Crippen molar-refractivity contribution in [2.24, 2.45) is 0 Å². The highest BCUT2D eigenvalue weighted by molar-refractivity contribution is 9.10. The Bertz CT molecular complexity index is 715. The average Bonchev–Trinajstić information content (AvgIpc) is 2.40. The number of carbonyl (C=O) groups excluding carboxylic acids is 1. The zero-order valence-electron chi connectivity index (χ0n) is 9.99. The van der Waals surface area contributed by atoms with E-state index in [1.54, 1.807) is 0 Å². The highest BCUT2D eigenvalue weighted by Gasteiger charge is 2.20. The summed E-state index contributed by atoms with van der Waals surface area (Å²) in [5.41, 5.74) is -0.728. The molecule has 2 nitrogen and oxygen atoms in total. The molecule has 0 aliphatic carbocycles. The molecule has 0 radical (unpaired) electrons. The minimum absolute atomic E-state index is 0.0211. The van der Waals surface area contributed by atoms with Crippen LogP contribution in [0.1, 0.15) is 10.4 Å². The lowest BCUT2D eigenvalue weighted by Gasteiger charge is -2.10. The molecule has 2 aromatic rings. The van der Waals surface area contributed by atoms with Crippen LogP contribution in [0, 0.1) is 23.3 Å². The average molecular weight is 383 g/mol. The van der Waals surface area contributed by atoms with Crippen LogP contribution in [0.25, 0.3) is 0 Å². The molecular weight excluding hydrogens is 377 g/mol. The predicted molar refractivity (Wildman–Crippen MR) is 73.4 cm³/mol. The van der Waals surface area contributed by atoms with Crippen LogP contribution < -0.4 is 5.32 Å². The number of benzene rings is 2. The summed E-state index contributed by atoms with van der Waals surface area (Å²) < 4.78 is 52.6. The second-order valence-corrected chi connectivity index (χ2v) is 5.18. The van der Waals surface area contributed by atoms with Gasteiger partial charge >= 0.3 is 0 Å². The molecule has 0 heterocycles. The number of hydrogen-bond acceptors (Lipinski definition) is 1. The molecular formula is C13H5BrClF4NO. The largest absolute Gasteiger partial charge is 0.320 e. The molecule has 0 saturated carbocycles. The van der Waals surface area contributed by atoms with E-state index in [-0.39, 0.29) is 15.2 Å². The van der Waals surface area contributed by atoms with E-state index < -0.39 is 34.7 Å². The molecule has 0 aliphatic rings. The molecule has 0 bridgehead atoms. The smallest absolute Gasteiger partial charge is 0.258 e. The third-order valence-corrected chi connectivity index (χ3v) is 3.45. The molecule has 0 aliphatic heterocycles. The lowest BCUT2D eigenvalue weighted by atomic mass is 10.1. The van der Waals surface area contributed by atoms with E-state index in [4.69, 9.17) is 11.6 Å². The predicted octanol–water partition coefficient (Wildman–Crippen LogP) is 4.91. The topological polar surface area (TPSA) is 29.1 Å². The Kier molecular flexibility index (Phi) is 4.53. The summed E-state index contributed by atoms with van der Waals surface area (Å²) in [5.74, 6) is -6.50. The van der Waals surface area contributed by atoms with Crippen molar-refractivity contribution in [2.75, 3.05) is 5.32 Å². The van der Waals surface area contributed by atoms with Gasteiger partial charge in [0.1, 0.15) is 5.82 Å². The molecule has 8 heteroatoms. The third kappa shape index (κ3) is 3.19. The summed E-state index contributed by atoms with van der Waals surface area (Å²) in [7, 11) is 0. The number of rotatable bonds is 2. The molecule has 110 valence electrons. The van der Waals surface area contributed by atoms with Crippen LogP contribution in [0.2, 0.25) is 5.02 Å². The molecule has 2 aromatic carbocycles. The molecule has 1 amide bonds. The Balaban J connectivity index is 2.38. The van der Waals surface area contributed by atoms with Gasteiger partial charge in [0.25, 0.3) is 5.91 Å². The zero-order chi connectivity index (χ0) is 15.7. The van der Waals surface area contributed by atoms with Crippen LogP contribution in [0.5, 0.6) is 0 Å². The van der Waals surface area contributed by atoms with Crippen LogP contribution in [0.3, 0.4) is 0 Å². The second-order valence-electron chi connectivity index (χ2n) is 3.92. The Labute approximate surface area is 129 Å². The van der Waals surface area contributed by atoms with Crippen molar-refractivity contribution < 1.29 is 22.4 Å². The number of hydrogen-bond donors (Lipinski definition) is 1. The van der Waals surface area contributed by atoms with Gasteiger partial charge in [-0.05, 0) is 40.2 Å². The van der Waals surface area contributed by atoms with Crippen molar-refractivity contribution in [3.63, 3.8) is 0 Å². The first-order valence-corrected chi connectivity index (χ1v) is 6.57. The van der Waals surface area contributed by atoms with Crippen LogP contribution in [-0.4, -0.2) is 5.91 Å². The first-order chi connectivity index (χ1) is 9.81. The molecule has 2 rings (SSSR count). The first-order valence-electron chi connectivity index (χ1n) is 5.40. The Morgan fingerprint density at radius 1 is 1.10 bits per heavy atom. The van der Waals surface area contributed by atoms with Gasteiger partial charge in [0.05, 0.1) is 16.3 Å². The summed E-state index contributed by atoms with van der Waals surface area (Å²) in [6.45, 7) is 0. The van der Waals surface area contributed by atoms with Gasteiger partial charge in [-0.15, -0.1) is 0 Å². The van der Waals surface area contributed by atoms with E-state index in [1.807, 2.05) is 0 Å². The SMILES string of the molecule is O=C(Nc1c(Cl)cc(F)cc1Br)c1ccc(F)c(F)c1F. The van der Waals surface area contributed by atoms with Crippen molar-refractivity contribution >= 4 is 39.1 Å². The quantitative estimate of drug-likeness (QED) is 0.580. The highest BCUT2D eigenvalue weighted by Crippen LogP contribution is 2.32. The number of halogens is 6. The van der Waals surface area contributed by atoms with E-state index in [0.29, 0.717) is 6.07 Å². The molecule has 1 N–H and O–H groups in total. The van der Waals surface area contributed by atoms with Crippen molar-refractivity contribution in [2.45, 2.75) is 0 Å². The van der Waals surface area contributed by atoms with Crippen LogP contribution in [-0.2, 0) is 0 Å². The van der Waals surface area contributed by atoms with Gasteiger partial charge < -0.3 is 5.32 Å². The second kappa shape index (κ2) is 6.03. The van der Waals surface area contributed by atoms with E-state index in [9.17, 15) is 22.4 Å². The Hall–Kier alpha value is -1.60. The van der Waals surface area contributed by atoms with Crippen molar-refractivity contribution in [3.8, 4) is 0 Å². The normalized spacial score (nSPS) is 10.6. The maximum absolute atomic E-state index is 13.5. The Morgan fingerprint density at radius 3 is 2.38 bits per heavy atom. The molecule has 0 spiro atoms. The maximum Gasteiger partial charge on any atom is 0.258 e. The van der Waals surface area contributed by atoms with Crippen molar-refractivity contribution in [3.05, 3.63) is 62.6 Å². The van der Waals surface area contributed by atoms with Crippen molar-refractivity contribution in [1.29, 1.82) is 0 Å².